The molecule has 0 bridgehead atoms. The lowest BCUT2D eigenvalue weighted by Gasteiger charge is -2.07. The quantitative estimate of drug-likeness (QED) is 0.703. The number of alkyl halides is 1. The summed E-state index contributed by atoms with van der Waals surface area (Å²) in [6.45, 7) is 2.19. The van der Waals surface area contributed by atoms with Gasteiger partial charge in [-0.15, -0.1) is 0 Å². The Morgan fingerprint density at radius 1 is 1.38 bits per heavy atom. The van der Waals surface area contributed by atoms with Crippen LogP contribution in [0, 0.1) is 0 Å². The van der Waals surface area contributed by atoms with Crippen molar-refractivity contribution in [1.29, 1.82) is 0 Å². The maximum atomic E-state index is 6.04. The van der Waals surface area contributed by atoms with E-state index in [1.165, 1.54) is 12.0 Å². The molecule has 0 aliphatic heterocycles. The van der Waals surface area contributed by atoms with Gasteiger partial charge in [-0.2, -0.15) is 0 Å². The van der Waals surface area contributed by atoms with E-state index in [9.17, 15) is 0 Å². The molecule has 1 unspecified atom stereocenters. The van der Waals surface area contributed by atoms with Gasteiger partial charge in [0.1, 0.15) is 0 Å². The minimum atomic E-state index is 0.615. The first kappa shape index (κ1) is 11.1. The smallest absolute Gasteiger partial charge is 0.0437 e. The molecular weight excluding hydrogens is 247 g/mol. The van der Waals surface area contributed by atoms with E-state index in [1.807, 2.05) is 18.2 Å². The average Bonchev–Trinajstić information content (AvgIpc) is 2.16. The fourth-order valence-corrected chi connectivity index (χ4v) is 1.68. The molecule has 0 radical (unpaired) electrons. The summed E-state index contributed by atoms with van der Waals surface area (Å²) < 4.78 is 0. The molecule has 0 aliphatic carbocycles. The van der Waals surface area contributed by atoms with Crippen molar-refractivity contribution in [3.8, 4) is 0 Å². The molecule has 0 nitrogen and oxygen atoms in total. The summed E-state index contributed by atoms with van der Waals surface area (Å²) in [5.74, 6) is 0. The normalized spacial score (nSPS) is 12.8. The first-order valence-corrected chi connectivity index (χ1v) is 5.91. The standard InChI is InChI=1S/C11H14BrCl/c1-2-10(12)8-7-9-5-3-4-6-11(9)13/h3-6,10H,2,7-8H2,1H3. The molecule has 1 aromatic rings. The Hall–Kier alpha value is -0.0100. The van der Waals surface area contributed by atoms with Gasteiger partial charge in [0.25, 0.3) is 0 Å². The Labute approximate surface area is 93.4 Å². The van der Waals surface area contributed by atoms with Gasteiger partial charge in [0.05, 0.1) is 0 Å². The molecule has 72 valence electrons. The van der Waals surface area contributed by atoms with Crippen molar-refractivity contribution in [3.05, 3.63) is 34.9 Å². The Morgan fingerprint density at radius 3 is 2.69 bits per heavy atom. The van der Waals surface area contributed by atoms with Gasteiger partial charge in [0, 0.05) is 9.85 Å². The molecule has 0 aliphatic rings. The van der Waals surface area contributed by atoms with E-state index in [2.05, 4.69) is 28.9 Å². The molecule has 0 amide bonds. The van der Waals surface area contributed by atoms with Crippen LogP contribution in [0.2, 0.25) is 5.02 Å². The first-order valence-electron chi connectivity index (χ1n) is 4.61. The number of hydrogen-bond acceptors (Lipinski definition) is 0. The van der Waals surface area contributed by atoms with E-state index in [1.54, 1.807) is 0 Å². The van der Waals surface area contributed by atoms with Crippen molar-refractivity contribution >= 4 is 27.5 Å². The Balaban J connectivity index is 2.50. The molecule has 0 saturated carbocycles. The van der Waals surface area contributed by atoms with Crippen LogP contribution in [0.1, 0.15) is 25.3 Å². The van der Waals surface area contributed by atoms with Crippen molar-refractivity contribution in [2.24, 2.45) is 0 Å². The summed E-state index contributed by atoms with van der Waals surface area (Å²) in [5, 5.41) is 0.887. The van der Waals surface area contributed by atoms with Gasteiger partial charge < -0.3 is 0 Å². The predicted molar refractivity (Wildman–Crippen MR) is 62.8 cm³/mol. The fraction of sp³-hybridized carbons (Fsp3) is 0.455. The molecule has 1 atom stereocenters. The van der Waals surface area contributed by atoms with E-state index in [-0.39, 0.29) is 0 Å². The van der Waals surface area contributed by atoms with Gasteiger partial charge in [-0.3, -0.25) is 0 Å². The lowest BCUT2D eigenvalue weighted by molar-refractivity contribution is 0.746. The third-order valence-electron chi connectivity index (χ3n) is 2.13. The van der Waals surface area contributed by atoms with Gasteiger partial charge in [0.15, 0.2) is 0 Å². The van der Waals surface area contributed by atoms with Crippen LogP contribution < -0.4 is 0 Å². The third-order valence-corrected chi connectivity index (χ3v) is 3.60. The van der Waals surface area contributed by atoms with E-state index in [0.717, 1.165) is 17.9 Å². The van der Waals surface area contributed by atoms with Crippen molar-refractivity contribution in [2.45, 2.75) is 31.0 Å². The Bertz CT molecular complexity index is 260. The van der Waals surface area contributed by atoms with Crippen LogP contribution in [0.4, 0.5) is 0 Å². The van der Waals surface area contributed by atoms with Gasteiger partial charge in [-0.1, -0.05) is 52.7 Å². The molecule has 0 saturated heterocycles. The second-order valence-corrected chi connectivity index (χ2v) is 4.84. The number of halogens is 2. The van der Waals surface area contributed by atoms with E-state index >= 15 is 0 Å². The van der Waals surface area contributed by atoms with E-state index in [4.69, 9.17) is 11.6 Å². The summed E-state index contributed by atoms with van der Waals surface area (Å²) >= 11 is 9.65. The highest BCUT2D eigenvalue weighted by atomic mass is 79.9. The zero-order chi connectivity index (χ0) is 9.68. The summed E-state index contributed by atoms with van der Waals surface area (Å²) in [6, 6.07) is 8.05. The number of hydrogen-bond donors (Lipinski definition) is 0. The molecule has 1 rings (SSSR count). The van der Waals surface area contributed by atoms with Crippen molar-refractivity contribution in [3.63, 3.8) is 0 Å². The summed E-state index contributed by atoms with van der Waals surface area (Å²) in [5.41, 5.74) is 1.25. The summed E-state index contributed by atoms with van der Waals surface area (Å²) in [7, 11) is 0. The van der Waals surface area contributed by atoms with Gasteiger partial charge in [-0.25, -0.2) is 0 Å². The minimum absolute atomic E-state index is 0.615. The highest BCUT2D eigenvalue weighted by molar-refractivity contribution is 9.09. The molecule has 0 fully saturated rings. The van der Waals surface area contributed by atoms with Gasteiger partial charge in [0.2, 0.25) is 0 Å². The molecule has 1 aromatic carbocycles. The molecular formula is C11H14BrCl. The second kappa shape index (κ2) is 5.66. The monoisotopic (exact) mass is 260 g/mol. The average molecular weight is 262 g/mol. The fourth-order valence-electron chi connectivity index (χ4n) is 1.22. The summed E-state index contributed by atoms with van der Waals surface area (Å²) in [6.07, 6.45) is 3.38. The van der Waals surface area contributed by atoms with Gasteiger partial charge >= 0.3 is 0 Å². The van der Waals surface area contributed by atoms with Crippen molar-refractivity contribution < 1.29 is 0 Å². The number of benzene rings is 1. The lowest BCUT2D eigenvalue weighted by atomic mass is 10.1. The first-order chi connectivity index (χ1) is 6.24. The van der Waals surface area contributed by atoms with Crippen LogP contribution in [0.5, 0.6) is 0 Å². The topological polar surface area (TPSA) is 0 Å². The van der Waals surface area contributed by atoms with Crippen LogP contribution in [0.25, 0.3) is 0 Å². The maximum absolute atomic E-state index is 6.04. The van der Waals surface area contributed by atoms with E-state index in [0.29, 0.717) is 4.83 Å². The highest BCUT2D eigenvalue weighted by Crippen LogP contribution is 2.19. The SMILES string of the molecule is CCC(Br)CCc1ccccc1Cl. The van der Waals surface area contributed by atoms with Crippen LogP contribution in [0.15, 0.2) is 24.3 Å². The molecule has 0 aromatic heterocycles. The number of rotatable bonds is 4. The van der Waals surface area contributed by atoms with Crippen molar-refractivity contribution in [1.82, 2.24) is 0 Å². The van der Waals surface area contributed by atoms with Crippen LogP contribution >= 0.6 is 27.5 Å². The van der Waals surface area contributed by atoms with E-state index < -0.39 is 0 Å². The van der Waals surface area contributed by atoms with Crippen molar-refractivity contribution in [2.75, 3.05) is 0 Å². The minimum Gasteiger partial charge on any atom is -0.0891 e. The largest absolute Gasteiger partial charge is 0.0891 e. The second-order valence-electron chi connectivity index (χ2n) is 3.14. The molecule has 0 heterocycles. The Morgan fingerprint density at radius 2 is 2.08 bits per heavy atom. The molecule has 2 heteroatoms. The molecule has 0 spiro atoms. The van der Waals surface area contributed by atoms with Crippen LogP contribution in [-0.2, 0) is 6.42 Å². The summed E-state index contributed by atoms with van der Waals surface area (Å²) in [4.78, 5) is 0.615. The Kier molecular flexibility index (Phi) is 4.82. The lowest BCUT2D eigenvalue weighted by Crippen LogP contribution is -1.98. The van der Waals surface area contributed by atoms with Crippen LogP contribution in [0.3, 0.4) is 0 Å². The predicted octanol–water partition coefficient (Wildman–Crippen LogP) is 4.45. The highest BCUT2D eigenvalue weighted by Gasteiger charge is 2.03. The number of aryl methyl sites for hydroxylation is 1. The van der Waals surface area contributed by atoms with Gasteiger partial charge in [-0.05, 0) is 30.9 Å². The molecule has 13 heavy (non-hydrogen) atoms. The third kappa shape index (κ3) is 3.70. The molecule has 0 N–H and O–H groups in total. The zero-order valence-corrected chi connectivity index (χ0v) is 10.1. The maximum Gasteiger partial charge on any atom is 0.0437 e. The zero-order valence-electron chi connectivity index (χ0n) is 7.76. The van der Waals surface area contributed by atoms with Crippen LogP contribution in [-0.4, -0.2) is 4.83 Å².